The number of morpholine rings is 1. The molecular weight excluding hydrogens is 336 g/mol. The van der Waals surface area contributed by atoms with Gasteiger partial charge in [0.1, 0.15) is 0 Å². The van der Waals surface area contributed by atoms with Crippen LogP contribution in [0.4, 0.5) is 5.69 Å². The summed E-state index contributed by atoms with van der Waals surface area (Å²) in [6, 6.07) is 15.2. The Kier molecular flexibility index (Phi) is 5.73. The van der Waals surface area contributed by atoms with Crippen LogP contribution in [-0.2, 0) is 21.2 Å². The van der Waals surface area contributed by atoms with Gasteiger partial charge >= 0.3 is 0 Å². The quantitative estimate of drug-likeness (QED) is 0.859. The van der Waals surface area contributed by atoms with Gasteiger partial charge < -0.3 is 9.64 Å². The summed E-state index contributed by atoms with van der Waals surface area (Å²) in [4.78, 5) is 2.61. The second-order valence-corrected chi connectivity index (χ2v) is 7.99. The molecule has 0 radical (unpaired) electrons. The number of benzene rings is 2. The van der Waals surface area contributed by atoms with Crippen LogP contribution in [0, 0.1) is 6.92 Å². The van der Waals surface area contributed by atoms with E-state index in [1.54, 1.807) is 24.3 Å². The average molecular weight is 360 g/mol. The van der Waals surface area contributed by atoms with Gasteiger partial charge in [0.15, 0.2) is 0 Å². The van der Waals surface area contributed by atoms with E-state index in [2.05, 4.69) is 33.9 Å². The first-order chi connectivity index (χ1) is 12.0. The van der Waals surface area contributed by atoms with E-state index < -0.39 is 10.0 Å². The van der Waals surface area contributed by atoms with Crippen LogP contribution in [0.3, 0.4) is 0 Å². The van der Waals surface area contributed by atoms with E-state index in [9.17, 15) is 8.42 Å². The predicted molar refractivity (Wildman–Crippen MR) is 99.5 cm³/mol. The van der Waals surface area contributed by atoms with Crippen molar-refractivity contribution in [3.8, 4) is 0 Å². The molecule has 6 heteroatoms. The van der Waals surface area contributed by atoms with Crippen LogP contribution in [0.1, 0.15) is 11.1 Å². The molecule has 134 valence electrons. The molecule has 0 saturated carbocycles. The van der Waals surface area contributed by atoms with Crippen molar-refractivity contribution in [2.24, 2.45) is 0 Å². The van der Waals surface area contributed by atoms with E-state index in [0.29, 0.717) is 17.9 Å². The van der Waals surface area contributed by atoms with Gasteiger partial charge in [0.05, 0.1) is 18.1 Å². The monoisotopic (exact) mass is 360 g/mol. The zero-order chi connectivity index (χ0) is 17.7. The molecule has 0 aliphatic carbocycles. The lowest BCUT2D eigenvalue weighted by Gasteiger charge is -2.28. The van der Waals surface area contributed by atoms with E-state index in [-0.39, 0.29) is 0 Å². The fourth-order valence-corrected chi connectivity index (χ4v) is 3.86. The molecule has 2 aromatic rings. The van der Waals surface area contributed by atoms with Crippen molar-refractivity contribution in [3.05, 3.63) is 59.7 Å². The highest BCUT2D eigenvalue weighted by Crippen LogP contribution is 2.17. The normalized spacial score (nSPS) is 15.3. The first kappa shape index (κ1) is 17.9. The summed E-state index contributed by atoms with van der Waals surface area (Å²) < 4.78 is 32.6. The first-order valence-electron chi connectivity index (χ1n) is 8.52. The lowest BCUT2D eigenvalue weighted by atomic mass is 10.1. The van der Waals surface area contributed by atoms with Crippen LogP contribution in [-0.4, -0.2) is 41.3 Å². The minimum atomic E-state index is -3.44. The van der Waals surface area contributed by atoms with Crippen LogP contribution in [0.2, 0.25) is 0 Å². The van der Waals surface area contributed by atoms with Gasteiger partial charge in [0, 0.05) is 25.3 Å². The van der Waals surface area contributed by atoms with Crippen LogP contribution in [0.25, 0.3) is 0 Å². The van der Waals surface area contributed by atoms with Crippen LogP contribution >= 0.6 is 0 Å². The fraction of sp³-hybridized carbons (Fsp3) is 0.368. The molecule has 1 fully saturated rings. The Morgan fingerprint density at radius 1 is 1.00 bits per heavy atom. The summed E-state index contributed by atoms with van der Waals surface area (Å²) in [7, 11) is -3.44. The predicted octanol–water partition coefficient (Wildman–Crippen LogP) is 2.35. The third-order valence-electron chi connectivity index (χ3n) is 4.35. The van der Waals surface area contributed by atoms with Gasteiger partial charge in [-0.1, -0.05) is 29.8 Å². The van der Waals surface area contributed by atoms with E-state index in [1.807, 2.05) is 6.92 Å². The van der Waals surface area contributed by atoms with E-state index in [4.69, 9.17) is 4.74 Å². The molecule has 25 heavy (non-hydrogen) atoms. The van der Waals surface area contributed by atoms with Crippen LogP contribution in [0.15, 0.2) is 53.4 Å². The van der Waals surface area contributed by atoms with Crippen LogP contribution < -0.4 is 9.62 Å². The molecule has 0 amide bonds. The zero-order valence-electron chi connectivity index (χ0n) is 14.4. The van der Waals surface area contributed by atoms with Crippen molar-refractivity contribution in [3.63, 3.8) is 0 Å². The molecule has 0 unspecified atom stereocenters. The lowest BCUT2D eigenvalue weighted by Crippen LogP contribution is -2.36. The van der Waals surface area contributed by atoms with Gasteiger partial charge in [-0.25, -0.2) is 13.1 Å². The minimum Gasteiger partial charge on any atom is -0.378 e. The highest BCUT2D eigenvalue weighted by Gasteiger charge is 2.13. The highest BCUT2D eigenvalue weighted by molar-refractivity contribution is 7.89. The topological polar surface area (TPSA) is 58.6 Å². The summed E-state index contributed by atoms with van der Waals surface area (Å²) in [6.45, 7) is 5.67. The lowest BCUT2D eigenvalue weighted by molar-refractivity contribution is 0.122. The molecule has 1 N–H and O–H groups in total. The molecule has 1 saturated heterocycles. The van der Waals surface area contributed by atoms with Crippen LogP contribution in [0.5, 0.6) is 0 Å². The number of sulfonamides is 1. The maximum Gasteiger partial charge on any atom is 0.240 e. The Bertz CT molecular complexity index is 780. The number of nitrogens with zero attached hydrogens (tertiary/aromatic N) is 1. The van der Waals surface area contributed by atoms with Gasteiger partial charge in [0.2, 0.25) is 10.0 Å². The number of anilines is 1. The Hall–Kier alpha value is -1.89. The largest absolute Gasteiger partial charge is 0.378 e. The average Bonchev–Trinajstić information content (AvgIpc) is 2.63. The second-order valence-electron chi connectivity index (χ2n) is 6.23. The smallest absolute Gasteiger partial charge is 0.240 e. The Morgan fingerprint density at radius 2 is 1.64 bits per heavy atom. The summed E-state index contributed by atoms with van der Waals surface area (Å²) in [5.41, 5.74) is 3.34. The maximum atomic E-state index is 12.3. The summed E-state index contributed by atoms with van der Waals surface area (Å²) >= 11 is 0. The Morgan fingerprint density at radius 3 is 2.28 bits per heavy atom. The third kappa shape index (κ3) is 4.81. The molecule has 0 bridgehead atoms. The van der Waals surface area contributed by atoms with Crippen molar-refractivity contribution in [1.82, 2.24) is 4.72 Å². The van der Waals surface area contributed by atoms with Crippen molar-refractivity contribution >= 4 is 15.7 Å². The molecule has 1 aliphatic heterocycles. The van der Waals surface area contributed by atoms with E-state index >= 15 is 0 Å². The summed E-state index contributed by atoms with van der Waals surface area (Å²) in [5, 5.41) is 0. The Balaban J connectivity index is 1.54. The number of nitrogens with one attached hydrogen (secondary N) is 1. The SMILES string of the molecule is Cc1ccc(S(=O)(=O)NCCc2ccc(N3CCOCC3)cc2)cc1. The Labute approximate surface area is 149 Å². The molecule has 1 aliphatic rings. The molecule has 0 aromatic heterocycles. The van der Waals surface area contributed by atoms with Gasteiger partial charge in [-0.15, -0.1) is 0 Å². The number of hydrogen-bond donors (Lipinski definition) is 1. The highest BCUT2D eigenvalue weighted by atomic mass is 32.2. The van der Waals surface area contributed by atoms with E-state index in [1.165, 1.54) is 5.69 Å². The van der Waals surface area contributed by atoms with Crippen molar-refractivity contribution in [2.45, 2.75) is 18.2 Å². The first-order valence-corrected chi connectivity index (χ1v) is 10.0. The zero-order valence-corrected chi connectivity index (χ0v) is 15.3. The molecule has 1 heterocycles. The van der Waals surface area contributed by atoms with Gasteiger partial charge in [-0.2, -0.15) is 0 Å². The summed E-state index contributed by atoms with van der Waals surface area (Å²) in [6.07, 6.45) is 0.661. The van der Waals surface area contributed by atoms with E-state index in [0.717, 1.165) is 37.4 Å². The van der Waals surface area contributed by atoms with Crippen molar-refractivity contribution in [2.75, 3.05) is 37.7 Å². The molecule has 0 spiro atoms. The maximum absolute atomic E-state index is 12.3. The molecular formula is C19H24N2O3S. The number of hydrogen-bond acceptors (Lipinski definition) is 4. The molecule has 2 aromatic carbocycles. The second kappa shape index (κ2) is 7.99. The fourth-order valence-electron chi connectivity index (χ4n) is 2.83. The molecule has 3 rings (SSSR count). The number of rotatable bonds is 6. The molecule has 0 atom stereocenters. The van der Waals surface area contributed by atoms with Crippen molar-refractivity contribution < 1.29 is 13.2 Å². The molecule has 5 nitrogen and oxygen atoms in total. The standard InChI is InChI=1S/C19H24N2O3S/c1-16-2-8-19(9-3-16)25(22,23)20-11-10-17-4-6-18(7-5-17)21-12-14-24-15-13-21/h2-9,20H,10-15H2,1H3. The van der Waals surface area contributed by atoms with Gasteiger partial charge in [0.25, 0.3) is 0 Å². The van der Waals surface area contributed by atoms with Gasteiger partial charge in [-0.05, 0) is 43.2 Å². The third-order valence-corrected chi connectivity index (χ3v) is 5.83. The minimum absolute atomic E-state index is 0.306. The number of aryl methyl sites for hydroxylation is 1. The van der Waals surface area contributed by atoms with Crippen molar-refractivity contribution in [1.29, 1.82) is 0 Å². The van der Waals surface area contributed by atoms with Gasteiger partial charge in [-0.3, -0.25) is 0 Å². The number of ether oxygens (including phenoxy) is 1. The summed E-state index contributed by atoms with van der Waals surface area (Å²) in [5.74, 6) is 0.